The van der Waals surface area contributed by atoms with E-state index in [1.807, 2.05) is 42.5 Å². The monoisotopic (exact) mass is 282 g/mol. The maximum Gasteiger partial charge on any atom is 0.306 e. The van der Waals surface area contributed by atoms with E-state index in [9.17, 15) is 9.59 Å². The number of carboxylic acid groups (broad SMARTS) is 1. The summed E-state index contributed by atoms with van der Waals surface area (Å²) < 4.78 is 0. The number of ketones is 1. The molecule has 0 saturated heterocycles. The molecule has 21 heavy (non-hydrogen) atoms. The number of carbonyl (C=O) groups excluding carboxylic acids is 1. The second-order valence-electron chi connectivity index (χ2n) is 5.22. The smallest absolute Gasteiger partial charge is 0.306 e. The lowest BCUT2D eigenvalue weighted by molar-refractivity contribution is -0.142. The molecular formula is C18H18O3. The number of carboxylic acids is 1. The number of hydrogen-bond acceptors (Lipinski definition) is 2. The van der Waals surface area contributed by atoms with Crippen molar-refractivity contribution in [1.29, 1.82) is 0 Å². The highest BCUT2D eigenvalue weighted by molar-refractivity contribution is 5.99. The molecule has 0 spiro atoms. The molecular weight excluding hydrogens is 264 g/mol. The third kappa shape index (κ3) is 3.37. The first-order valence-electron chi connectivity index (χ1n) is 6.93. The molecule has 0 bridgehead atoms. The molecule has 2 rings (SSSR count). The number of hydrogen-bond donors (Lipinski definition) is 1. The Morgan fingerprint density at radius 1 is 0.810 bits per heavy atom. The van der Waals surface area contributed by atoms with E-state index in [0.717, 1.165) is 11.1 Å². The molecule has 3 heteroatoms. The summed E-state index contributed by atoms with van der Waals surface area (Å²) in [6.07, 6.45) is 0. The van der Waals surface area contributed by atoms with Gasteiger partial charge < -0.3 is 5.11 Å². The Morgan fingerprint density at radius 2 is 1.33 bits per heavy atom. The summed E-state index contributed by atoms with van der Waals surface area (Å²) in [5, 5.41) is 8.99. The number of aliphatic carboxylic acids is 1. The van der Waals surface area contributed by atoms with Gasteiger partial charge in [-0.1, -0.05) is 68.4 Å². The van der Waals surface area contributed by atoms with Gasteiger partial charge in [-0.05, 0) is 11.1 Å². The molecule has 2 aromatic rings. The summed E-state index contributed by atoms with van der Waals surface area (Å²) in [4.78, 5) is 23.2. The first kappa shape index (κ1) is 15.0. The summed E-state index contributed by atoms with van der Waals surface area (Å²) >= 11 is 0. The van der Waals surface area contributed by atoms with Gasteiger partial charge in [0, 0.05) is 11.5 Å². The molecule has 3 nitrogen and oxygen atoms in total. The highest BCUT2D eigenvalue weighted by atomic mass is 16.4. The van der Waals surface area contributed by atoms with Crippen molar-refractivity contribution < 1.29 is 14.7 Å². The van der Waals surface area contributed by atoms with Crippen LogP contribution in [0.4, 0.5) is 0 Å². The average Bonchev–Trinajstić information content (AvgIpc) is 2.53. The topological polar surface area (TPSA) is 54.4 Å². The van der Waals surface area contributed by atoms with Gasteiger partial charge in [0.05, 0.1) is 5.92 Å². The van der Waals surface area contributed by atoms with Gasteiger partial charge in [0.15, 0.2) is 5.78 Å². The second kappa shape index (κ2) is 6.35. The highest BCUT2D eigenvalue weighted by Crippen LogP contribution is 2.22. The van der Waals surface area contributed by atoms with Crippen LogP contribution in [-0.4, -0.2) is 16.9 Å². The van der Waals surface area contributed by atoms with Crippen LogP contribution >= 0.6 is 0 Å². The van der Waals surface area contributed by atoms with E-state index >= 15 is 0 Å². The van der Waals surface area contributed by atoms with E-state index in [1.165, 1.54) is 0 Å². The lowest BCUT2D eigenvalue weighted by atomic mass is 9.88. The number of Topliss-reactive ketones (excluding diaryl/α,β-unsaturated/α-hetero) is 1. The Hall–Kier alpha value is -2.42. The number of carbonyl (C=O) groups is 2. The molecule has 0 aliphatic rings. The Morgan fingerprint density at radius 3 is 1.86 bits per heavy atom. The lowest BCUT2D eigenvalue weighted by Gasteiger charge is -2.15. The van der Waals surface area contributed by atoms with E-state index in [4.69, 9.17) is 5.11 Å². The predicted octanol–water partition coefficient (Wildman–Crippen LogP) is 3.89. The molecule has 1 N–H and O–H groups in total. The largest absolute Gasteiger partial charge is 0.481 e. The first-order chi connectivity index (χ1) is 10.0. The van der Waals surface area contributed by atoms with Crippen LogP contribution in [0.15, 0.2) is 54.6 Å². The third-order valence-corrected chi connectivity index (χ3v) is 3.83. The highest BCUT2D eigenvalue weighted by Gasteiger charge is 2.26. The van der Waals surface area contributed by atoms with Crippen LogP contribution < -0.4 is 0 Å². The van der Waals surface area contributed by atoms with Crippen molar-refractivity contribution in [2.24, 2.45) is 11.8 Å². The van der Waals surface area contributed by atoms with Crippen LogP contribution in [0.2, 0.25) is 0 Å². The Kier molecular flexibility index (Phi) is 4.53. The molecule has 2 aromatic carbocycles. The van der Waals surface area contributed by atoms with Crippen LogP contribution in [-0.2, 0) is 4.79 Å². The van der Waals surface area contributed by atoms with E-state index in [1.54, 1.807) is 26.0 Å². The fraction of sp³-hybridized carbons (Fsp3) is 0.222. The van der Waals surface area contributed by atoms with Crippen molar-refractivity contribution in [2.45, 2.75) is 13.8 Å². The minimum atomic E-state index is -0.947. The van der Waals surface area contributed by atoms with E-state index in [-0.39, 0.29) is 5.78 Å². The second-order valence-corrected chi connectivity index (χ2v) is 5.22. The summed E-state index contributed by atoms with van der Waals surface area (Å²) in [5.41, 5.74) is 2.67. The summed E-state index contributed by atoms with van der Waals surface area (Å²) in [5.74, 6) is -2.31. The van der Waals surface area contributed by atoms with Crippen LogP contribution in [0.1, 0.15) is 24.2 Å². The molecule has 0 amide bonds. The van der Waals surface area contributed by atoms with Crippen molar-refractivity contribution in [1.82, 2.24) is 0 Å². The van der Waals surface area contributed by atoms with E-state index in [0.29, 0.717) is 5.56 Å². The SMILES string of the molecule is CC(C(=O)O)[C@H](C)C(=O)c1ccc(-c2ccccc2)cc1. The van der Waals surface area contributed by atoms with Crippen molar-refractivity contribution in [3.05, 3.63) is 60.2 Å². The van der Waals surface area contributed by atoms with Crippen molar-refractivity contribution >= 4 is 11.8 Å². The van der Waals surface area contributed by atoms with Gasteiger partial charge in [-0.15, -0.1) is 0 Å². The molecule has 0 fully saturated rings. The minimum Gasteiger partial charge on any atom is -0.481 e. The van der Waals surface area contributed by atoms with Gasteiger partial charge in [0.25, 0.3) is 0 Å². The van der Waals surface area contributed by atoms with Crippen LogP contribution in [0, 0.1) is 11.8 Å². The van der Waals surface area contributed by atoms with Crippen LogP contribution in [0.25, 0.3) is 11.1 Å². The van der Waals surface area contributed by atoms with Gasteiger partial charge in [0.2, 0.25) is 0 Å². The Balaban J connectivity index is 2.19. The molecule has 0 aliphatic heterocycles. The fourth-order valence-electron chi connectivity index (χ4n) is 2.16. The normalized spacial score (nSPS) is 13.4. The van der Waals surface area contributed by atoms with Crippen molar-refractivity contribution in [2.75, 3.05) is 0 Å². The quantitative estimate of drug-likeness (QED) is 0.846. The van der Waals surface area contributed by atoms with Crippen molar-refractivity contribution in [3.63, 3.8) is 0 Å². The third-order valence-electron chi connectivity index (χ3n) is 3.83. The molecule has 0 aliphatic carbocycles. The lowest BCUT2D eigenvalue weighted by Crippen LogP contribution is -2.25. The van der Waals surface area contributed by atoms with E-state index < -0.39 is 17.8 Å². The summed E-state index contributed by atoms with van der Waals surface area (Å²) in [7, 11) is 0. The fourth-order valence-corrected chi connectivity index (χ4v) is 2.16. The molecule has 2 atom stereocenters. The van der Waals surface area contributed by atoms with Crippen molar-refractivity contribution in [3.8, 4) is 11.1 Å². The zero-order valence-corrected chi connectivity index (χ0v) is 12.1. The zero-order valence-electron chi connectivity index (χ0n) is 12.1. The van der Waals surface area contributed by atoms with E-state index in [2.05, 4.69) is 0 Å². The van der Waals surface area contributed by atoms with Gasteiger partial charge >= 0.3 is 5.97 Å². The maximum absolute atomic E-state index is 12.3. The molecule has 0 radical (unpaired) electrons. The molecule has 0 aromatic heterocycles. The average molecular weight is 282 g/mol. The summed E-state index contributed by atoms with van der Waals surface area (Å²) in [6.45, 7) is 3.22. The maximum atomic E-state index is 12.3. The standard InChI is InChI=1S/C18H18O3/c1-12(13(2)18(20)21)17(19)16-10-8-15(9-11-16)14-6-4-3-5-7-14/h3-13H,1-2H3,(H,20,21)/t12-,13?/m0/s1. The molecule has 108 valence electrons. The van der Waals surface area contributed by atoms with Gasteiger partial charge in [0.1, 0.15) is 0 Å². The summed E-state index contributed by atoms with van der Waals surface area (Å²) in [6, 6.07) is 17.2. The van der Waals surface area contributed by atoms with Gasteiger partial charge in [-0.3, -0.25) is 9.59 Å². The zero-order chi connectivity index (χ0) is 15.4. The molecule has 0 heterocycles. The van der Waals surface area contributed by atoms with Crippen LogP contribution in [0.5, 0.6) is 0 Å². The van der Waals surface area contributed by atoms with Gasteiger partial charge in [-0.25, -0.2) is 0 Å². The number of rotatable bonds is 5. The van der Waals surface area contributed by atoms with Gasteiger partial charge in [-0.2, -0.15) is 0 Å². The predicted molar refractivity (Wildman–Crippen MR) is 82.2 cm³/mol. The Bertz CT molecular complexity index is 629. The number of benzene rings is 2. The molecule has 1 unspecified atom stereocenters. The molecule has 0 saturated carbocycles. The Labute approximate surface area is 124 Å². The minimum absolute atomic E-state index is 0.135. The first-order valence-corrected chi connectivity index (χ1v) is 6.93. The van der Waals surface area contributed by atoms with Crippen LogP contribution in [0.3, 0.4) is 0 Å².